The number of hydrogen-bond donors (Lipinski definition) is 2. The number of hydrogen-bond acceptors (Lipinski definition) is 5. The maximum atomic E-state index is 12.0. The molecule has 0 aromatic heterocycles. The molecule has 126 valence electrons. The predicted molar refractivity (Wildman–Crippen MR) is 89.8 cm³/mol. The van der Waals surface area contributed by atoms with E-state index in [2.05, 4.69) is 22.7 Å². The Morgan fingerprint density at radius 3 is 2.57 bits per heavy atom. The van der Waals surface area contributed by atoms with Gasteiger partial charge in [0.15, 0.2) is 0 Å². The molecule has 0 aliphatic carbocycles. The first-order chi connectivity index (χ1) is 11.2. The SMILES string of the molecule is CC/C=C(\NNC(=O)CN1CCOCC1)c1ccc(OC)cc1. The zero-order valence-corrected chi connectivity index (χ0v) is 13.8. The number of methoxy groups -OCH3 is 1. The molecular formula is C17H25N3O3. The van der Waals surface area contributed by atoms with Gasteiger partial charge in [0.2, 0.25) is 0 Å². The molecule has 6 nitrogen and oxygen atoms in total. The molecule has 0 saturated carbocycles. The second-order valence-electron chi connectivity index (χ2n) is 5.32. The van der Waals surface area contributed by atoms with Crippen LogP contribution in [0.25, 0.3) is 5.70 Å². The molecule has 1 fully saturated rings. The van der Waals surface area contributed by atoms with Crippen molar-refractivity contribution in [2.75, 3.05) is 40.0 Å². The van der Waals surface area contributed by atoms with Crippen LogP contribution in [0.2, 0.25) is 0 Å². The lowest BCUT2D eigenvalue weighted by molar-refractivity contribution is -0.123. The van der Waals surface area contributed by atoms with E-state index in [9.17, 15) is 4.79 Å². The number of morpholine rings is 1. The number of hydrazine groups is 1. The molecule has 0 atom stereocenters. The van der Waals surface area contributed by atoms with E-state index in [4.69, 9.17) is 9.47 Å². The molecule has 1 aromatic rings. The van der Waals surface area contributed by atoms with E-state index in [1.807, 2.05) is 30.3 Å². The number of carbonyl (C=O) groups is 1. The zero-order valence-electron chi connectivity index (χ0n) is 13.8. The summed E-state index contributed by atoms with van der Waals surface area (Å²) in [5, 5.41) is 0. The van der Waals surface area contributed by atoms with Crippen molar-refractivity contribution < 1.29 is 14.3 Å². The molecule has 1 saturated heterocycles. The maximum Gasteiger partial charge on any atom is 0.252 e. The number of rotatable bonds is 7. The van der Waals surface area contributed by atoms with Gasteiger partial charge in [-0.15, -0.1) is 0 Å². The lowest BCUT2D eigenvalue weighted by Gasteiger charge is -2.26. The van der Waals surface area contributed by atoms with Crippen molar-refractivity contribution >= 4 is 11.6 Å². The molecule has 2 N–H and O–H groups in total. The van der Waals surface area contributed by atoms with Crippen LogP contribution in [0.15, 0.2) is 30.3 Å². The number of nitrogens with one attached hydrogen (secondary N) is 2. The van der Waals surface area contributed by atoms with Gasteiger partial charge >= 0.3 is 0 Å². The Kier molecular flexibility index (Phi) is 6.90. The lowest BCUT2D eigenvalue weighted by Crippen LogP contribution is -2.46. The van der Waals surface area contributed by atoms with Gasteiger partial charge in [-0.1, -0.05) is 13.0 Å². The third-order valence-electron chi connectivity index (χ3n) is 3.62. The standard InChI is InChI=1S/C17H25N3O3/c1-3-4-16(14-5-7-15(22-2)8-6-14)18-19-17(21)13-20-9-11-23-12-10-20/h4-8,18H,3,9-13H2,1-2H3,(H,19,21)/b16-4-. The summed E-state index contributed by atoms with van der Waals surface area (Å²) in [6.07, 6.45) is 2.91. The second-order valence-corrected chi connectivity index (χ2v) is 5.32. The highest BCUT2D eigenvalue weighted by molar-refractivity contribution is 5.79. The van der Waals surface area contributed by atoms with E-state index in [0.717, 1.165) is 36.5 Å². The van der Waals surface area contributed by atoms with Crippen molar-refractivity contribution in [3.05, 3.63) is 35.9 Å². The Bertz CT molecular complexity index is 522. The Balaban J connectivity index is 1.88. The minimum absolute atomic E-state index is 0.0533. The van der Waals surface area contributed by atoms with Crippen LogP contribution in [0.4, 0.5) is 0 Å². The molecule has 0 unspecified atom stereocenters. The Morgan fingerprint density at radius 2 is 1.96 bits per heavy atom. The molecule has 6 heteroatoms. The lowest BCUT2D eigenvalue weighted by atomic mass is 10.1. The van der Waals surface area contributed by atoms with E-state index < -0.39 is 0 Å². The van der Waals surface area contributed by atoms with Crippen LogP contribution in [-0.4, -0.2) is 50.8 Å². The molecule has 0 radical (unpaired) electrons. The van der Waals surface area contributed by atoms with E-state index in [1.165, 1.54) is 0 Å². The van der Waals surface area contributed by atoms with Gasteiger partial charge in [-0.25, -0.2) is 0 Å². The average molecular weight is 319 g/mol. The highest BCUT2D eigenvalue weighted by Gasteiger charge is 2.14. The number of benzene rings is 1. The highest BCUT2D eigenvalue weighted by atomic mass is 16.5. The number of carbonyl (C=O) groups excluding carboxylic acids is 1. The smallest absolute Gasteiger partial charge is 0.252 e. The fourth-order valence-corrected chi connectivity index (χ4v) is 2.35. The Hall–Kier alpha value is -2.05. The summed E-state index contributed by atoms with van der Waals surface area (Å²) in [5.41, 5.74) is 7.68. The summed E-state index contributed by atoms with van der Waals surface area (Å²) in [5.74, 6) is 0.753. The number of amides is 1. The van der Waals surface area contributed by atoms with Gasteiger partial charge in [0.1, 0.15) is 5.75 Å². The maximum absolute atomic E-state index is 12.0. The number of nitrogens with zero attached hydrogens (tertiary/aromatic N) is 1. The van der Waals surface area contributed by atoms with Gasteiger partial charge in [0, 0.05) is 13.1 Å². The van der Waals surface area contributed by atoms with Crippen molar-refractivity contribution in [2.24, 2.45) is 0 Å². The second kappa shape index (κ2) is 9.17. The van der Waals surface area contributed by atoms with Gasteiger partial charge in [-0.2, -0.15) is 0 Å². The molecule has 2 rings (SSSR count). The fourth-order valence-electron chi connectivity index (χ4n) is 2.35. The molecule has 1 aromatic carbocycles. The number of allylic oxidation sites excluding steroid dienone is 1. The first-order valence-corrected chi connectivity index (χ1v) is 7.92. The quantitative estimate of drug-likeness (QED) is 0.744. The molecule has 1 aliphatic heterocycles. The summed E-state index contributed by atoms with van der Waals surface area (Å²) in [6, 6.07) is 7.72. The molecule has 0 spiro atoms. The summed E-state index contributed by atoms with van der Waals surface area (Å²) < 4.78 is 10.4. The fraction of sp³-hybridized carbons (Fsp3) is 0.471. The Morgan fingerprint density at radius 1 is 1.26 bits per heavy atom. The van der Waals surface area contributed by atoms with Gasteiger partial charge in [-0.3, -0.25) is 20.5 Å². The molecule has 1 amide bonds. The van der Waals surface area contributed by atoms with E-state index >= 15 is 0 Å². The van der Waals surface area contributed by atoms with Crippen molar-refractivity contribution in [2.45, 2.75) is 13.3 Å². The van der Waals surface area contributed by atoms with Gasteiger partial charge in [0.05, 0.1) is 32.6 Å². The van der Waals surface area contributed by atoms with Crippen molar-refractivity contribution in [1.29, 1.82) is 0 Å². The third-order valence-corrected chi connectivity index (χ3v) is 3.62. The molecule has 1 heterocycles. The molecule has 1 aliphatic rings. The first-order valence-electron chi connectivity index (χ1n) is 7.92. The average Bonchev–Trinajstić information content (AvgIpc) is 2.59. The summed E-state index contributed by atoms with van der Waals surface area (Å²) in [6.45, 7) is 5.40. The van der Waals surface area contributed by atoms with E-state index in [0.29, 0.717) is 19.8 Å². The van der Waals surface area contributed by atoms with E-state index in [-0.39, 0.29) is 5.91 Å². The Labute approximate surface area is 137 Å². The van der Waals surface area contributed by atoms with Crippen molar-refractivity contribution in [1.82, 2.24) is 15.8 Å². The minimum atomic E-state index is -0.0533. The van der Waals surface area contributed by atoms with Gasteiger partial charge < -0.3 is 9.47 Å². The topological polar surface area (TPSA) is 62.8 Å². The van der Waals surface area contributed by atoms with Gasteiger partial charge in [0.25, 0.3) is 5.91 Å². The van der Waals surface area contributed by atoms with Gasteiger partial charge in [-0.05, 0) is 36.2 Å². The normalized spacial score (nSPS) is 16.0. The van der Waals surface area contributed by atoms with Crippen molar-refractivity contribution in [3.63, 3.8) is 0 Å². The largest absolute Gasteiger partial charge is 0.497 e. The van der Waals surface area contributed by atoms with E-state index in [1.54, 1.807) is 7.11 Å². The predicted octanol–water partition coefficient (Wildman–Crippen LogP) is 1.40. The van der Waals surface area contributed by atoms with Crippen molar-refractivity contribution in [3.8, 4) is 5.75 Å². The van der Waals surface area contributed by atoms with Crippen LogP contribution < -0.4 is 15.6 Å². The summed E-state index contributed by atoms with van der Waals surface area (Å²) in [7, 11) is 1.64. The van der Waals surface area contributed by atoms with Crippen LogP contribution in [0.3, 0.4) is 0 Å². The third kappa shape index (κ3) is 5.58. The number of ether oxygens (including phenoxy) is 2. The monoisotopic (exact) mass is 319 g/mol. The summed E-state index contributed by atoms with van der Waals surface area (Å²) in [4.78, 5) is 14.1. The highest BCUT2D eigenvalue weighted by Crippen LogP contribution is 2.16. The summed E-state index contributed by atoms with van der Waals surface area (Å²) >= 11 is 0. The molecule has 0 bridgehead atoms. The van der Waals surface area contributed by atoms with Crippen LogP contribution in [-0.2, 0) is 9.53 Å². The van der Waals surface area contributed by atoms with Crippen LogP contribution in [0, 0.1) is 0 Å². The molecular weight excluding hydrogens is 294 g/mol. The van der Waals surface area contributed by atoms with Crippen LogP contribution >= 0.6 is 0 Å². The molecule has 23 heavy (non-hydrogen) atoms. The zero-order chi connectivity index (χ0) is 16.5. The first kappa shape index (κ1) is 17.3. The van der Waals surface area contributed by atoms with Crippen LogP contribution in [0.1, 0.15) is 18.9 Å². The van der Waals surface area contributed by atoms with Crippen LogP contribution in [0.5, 0.6) is 5.75 Å². The minimum Gasteiger partial charge on any atom is -0.497 e.